The van der Waals surface area contributed by atoms with Gasteiger partial charge in [-0.05, 0) is 30.5 Å². The van der Waals surface area contributed by atoms with Gasteiger partial charge in [0.05, 0.1) is 13.5 Å². The molecule has 1 aromatic rings. The number of benzene rings is 1. The van der Waals surface area contributed by atoms with E-state index >= 15 is 0 Å². The number of carbonyl (C=O) groups excluding carboxylic acids is 2. The standard InChI is InChI=1S/C19H28N2O3/c1-4-5-6-18(22)20-9-11-21(12-10-20)19(23)14-16-7-8-17(24-3)15(2)13-16/h7-8,13H,4-6,9-12,14H2,1-3H3. The minimum absolute atomic E-state index is 0.125. The first-order valence-corrected chi connectivity index (χ1v) is 8.74. The summed E-state index contributed by atoms with van der Waals surface area (Å²) in [4.78, 5) is 28.3. The fraction of sp³-hybridized carbons (Fsp3) is 0.579. The Bertz CT molecular complexity index is 578. The molecular formula is C19H28N2O3. The summed E-state index contributed by atoms with van der Waals surface area (Å²) in [5.41, 5.74) is 2.04. The van der Waals surface area contributed by atoms with Crippen LogP contribution < -0.4 is 4.74 Å². The van der Waals surface area contributed by atoms with Crippen molar-refractivity contribution in [2.45, 2.75) is 39.5 Å². The molecule has 5 nitrogen and oxygen atoms in total. The van der Waals surface area contributed by atoms with Crippen molar-refractivity contribution in [1.29, 1.82) is 0 Å². The second-order valence-corrected chi connectivity index (χ2v) is 6.35. The van der Waals surface area contributed by atoms with Crippen molar-refractivity contribution >= 4 is 11.8 Å². The minimum atomic E-state index is 0.125. The van der Waals surface area contributed by atoms with Crippen LogP contribution in [0.5, 0.6) is 5.75 Å². The third kappa shape index (κ3) is 4.73. The Morgan fingerprint density at radius 1 is 1.08 bits per heavy atom. The number of ether oxygens (including phenoxy) is 1. The number of hydrogen-bond acceptors (Lipinski definition) is 3. The van der Waals surface area contributed by atoms with Crippen molar-refractivity contribution in [3.63, 3.8) is 0 Å². The Kier molecular flexibility index (Phi) is 6.64. The molecule has 0 spiro atoms. The second kappa shape index (κ2) is 8.71. The van der Waals surface area contributed by atoms with Gasteiger partial charge in [0.1, 0.15) is 5.75 Å². The summed E-state index contributed by atoms with van der Waals surface area (Å²) in [6.07, 6.45) is 2.99. The third-order valence-electron chi connectivity index (χ3n) is 4.54. The molecule has 1 aromatic carbocycles. The van der Waals surface area contributed by atoms with Crippen LogP contribution in [0.15, 0.2) is 18.2 Å². The van der Waals surface area contributed by atoms with Crippen molar-refractivity contribution in [2.75, 3.05) is 33.3 Å². The number of carbonyl (C=O) groups is 2. The Morgan fingerprint density at radius 2 is 1.71 bits per heavy atom. The molecule has 5 heteroatoms. The van der Waals surface area contributed by atoms with Crippen LogP contribution in [-0.2, 0) is 16.0 Å². The highest BCUT2D eigenvalue weighted by atomic mass is 16.5. The van der Waals surface area contributed by atoms with Gasteiger partial charge in [0, 0.05) is 32.6 Å². The van der Waals surface area contributed by atoms with E-state index in [2.05, 4.69) is 6.92 Å². The van der Waals surface area contributed by atoms with Crippen molar-refractivity contribution in [2.24, 2.45) is 0 Å². The lowest BCUT2D eigenvalue weighted by Gasteiger charge is -2.35. The second-order valence-electron chi connectivity index (χ2n) is 6.35. The maximum atomic E-state index is 12.5. The molecule has 0 bridgehead atoms. The molecule has 24 heavy (non-hydrogen) atoms. The quantitative estimate of drug-likeness (QED) is 0.804. The van der Waals surface area contributed by atoms with Gasteiger partial charge < -0.3 is 14.5 Å². The average Bonchev–Trinajstić information content (AvgIpc) is 2.60. The van der Waals surface area contributed by atoms with Gasteiger partial charge >= 0.3 is 0 Å². The lowest BCUT2D eigenvalue weighted by atomic mass is 10.1. The summed E-state index contributed by atoms with van der Waals surface area (Å²) in [5.74, 6) is 1.18. The number of aryl methyl sites for hydroxylation is 1. The molecule has 0 radical (unpaired) electrons. The van der Waals surface area contributed by atoms with Crippen LogP contribution in [0.25, 0.3) is 0 Å². The van der Waals surface area contributed by atoms with Crippen LogP contribution in [0.1, 0.15) is 37.3 Å². The van der Waals surface area contributed by atoms with Gasteiger partial charge in [-0.3, -0.25) is 9.59 Å². The number of unbranched alkanes of at least 4 members (excludes halogenated alkanes) is 1. The fourth-order valence-corrected chi connectivity index (χ4v) is 3.03. The summed E-state index contributed by atoms with van der Waals surface area (Å²) >= 11 is 0. The maximum absolute atomic E-state index is 12.5. The Hall–Kier alpha value is -2.04. The van der Waals surface area contributed by atoms with E-state index in [4.69, 9.17) is 4.74 Å². The molecule has 1 heterocycles. The van der Waals surface area contributed by atoms with Gasteiger partial charge in [-0.15, -0.1) is 0 Å². The summed E-state index contributed by atoms with van der Waals surface area (Å²) in [5, 5.41) is 0. The topological polar surface area (TPSA) is 49.9 Å². The monoisotopic (exact) mass is 332 g/mol. The lowest BCUT2D eigenvalue weighted by Crippen LogP contribution is -2.50. The number of nitrogens with zero attached hydrogens (tertiary/aromatic N) is 2. The van der Waals surface area contributed by atoms with Crippen LogP contribution in [0, 0.1) is 6.92 Å². The lowest BCUT2D eigenvalue weighted by molar-refractivity contribution is -0.139. The number of piperazine rings is 1. The van der Waals surface area contributed by atoms with Crippen LogP contribution in [-0.4, -0.2) is 54.9 Å². The van der Waals surface area contributed by atoms with Gasteiger partial charge in [0.15, 0.2) is 0 Å². The van der Waals surface area contributed by atoms with Crippen molar-refractivity contribution in [1.82, 2.24) is 9.80 Å². The zero-order chi connectivity index (χ0) is 17.5. The van der Waals surface area contributed by atoms with E-state index in [0.717, 1.165) is 29.7 Å². The number of hydrogen-bond donors (Lipinski definition) is 0. The van der Waals surface area contributed by atoms with E-state index in [0.29, 0.717) is 39.0 Å². The van der Waals surface area contributed by atoms with E-state index in [1.165, 1.54) is 0 Å². The predicted molar refractivity (Wildman–Crippen MR) is 94.1 cm³/mol. The Labute approximate surface area is 144 Å². The molecule has 0 aliphatic carbocycles. The van der Waals surface area contributed by atoms with Gasteiger partial charge in [0.25, 0.3) is 0 Å². The number of methoxy groups -OCH3 is 1. The van der Waals surface area contributed by atoms with Crippen LogP contribution in [0.2, 0.25) is 0 Å². The van der Waals surface area contributed by atoms with Crippen LogP contribution in [0.3, 0.4) is 0 Å². The zero-order valence-electron chi connectivity index (χ0n) is 15.0. The van der Waals surface area contributed by atoms with E-state index in [1.54, 1.807) is 7.11 Å². The molecule has 2 amide bonds. The number of rotatable bonds is 6. The van der Waals surface area contributed by atoms with E-state index in [1.807, 2.05) is 34.9 Å². The first-order valence-electron chi connectivity index (χ1n) is 8.74. The molecule has 0 aromatic heterocycles. The van der Waals surface area contributed by atoms with E-state index in [-0.39, 0.29) is 11.8 Å². The van der Waals surface area contributed by atoms with Gasteiger partial charge in [-0.25, -0.2) is 0 Å². The highest BCUT2D eigenvalue weighted by Gasteiger charge is 2.23. The average molecular weight is 332 g/mol. The van der Waals surface area contributed by atoms with E-state index in [9.17, 15) is 9.59 Å². The van der Waals surface area contributed by atoms with Gasteiger partial charge in [0.2, 0.25) is 11.8 Å². The molecule has 1 fully saturated rings. The summed E-state index contributed by atoms with van der Waals surface area (Å²) in [7, 11) is 1.65. The molecular weight excluding hydrogens is 304 g/mol. The Morgan fingerprint density at radius 3 is 2.25 bits per heavy atom. The summed E-state index contributed by atoms with van der Waals surface area (Å²) in [6, 6.07) is 5.85. The predicted octanol–water partition coefficient (Wildman–Crippen LogP) is 2.41. The smallest absolute Gasteiger partial charge is 0.227 e. The van der Waals surface area contributed by atoms with Crippen molar-refractivity contribution in [3.05, 3.63) is 29.3 Å². The molecule has 0 saturated carbocycles. The van der Waals surface area contributed by atoms with Gasteiger partial charge in [-0.1, -0.05) is 25.5 Å². The SMILES string of the molecule is CCCCC(=O)N1CCN(C(=O)Cc2ccc(OC)c(C)c2)CC1. The maximum Gasteiger partial charge on any atom is 0.227 e. The molecule has 0 atom stereocenters. The van der Waals surface area contributed by atoms with Crippen LogP contribution in [0.4, 0.5) is 0 Å². The van der Waals surface area contributed by atoms with Crippen LogP contribution >= 0.6 is 0 Å². The molecule has 1 aliphatic rings. The zero-order valence-corrected chi connectivity index (χ0v) is 15.0. The summed E-state index contributed by atoms with van der Waals surface area (Å²) in [6.45, 7) is 6.63. The molecule has 1 saturated heterocycles. The molecule has 2 rings (SSSR count). The number of amides is 2. The third-order valence-corrected chi connectivity index (χ3v) is 4.54. The first kappa shape index (κ1) is 18.3. The molecule has 132 valence electrons. The normalized spacial score (nSPS) is 14.6. The van der Waals surface area contributed by atoms with Gasteiger partial charge in [-0.2, -0.15) is 0 Å². The first-order chi connectivity index (χ1) is 11.5. The minimum Gasteiger partial charge on any atom is -0.496 e. The van der Waals surface area contributed by atoms with Crippen molar-refractivity contribution < 1.29 is 14.3 Å². The Balaban J connectivity index is 1.84. The molecule has 1 aliphatic heterocycles. The largest absolute Gasteiger partial charge is 0.496 e. The highest BCUT2D eigenvalue weighted by molar-refractivity contribution is 5.80. The summed E-state index contributed by atoms with van der Waals surface area (Å²) < 4.78 is 5.25. The fourth-order valence-electron chi connectivity index (χ4n) is 3.03. The molecule has 0 N–H and O–H groups in total. The highest BCUT2D eigenvalue weighted by Crippen LogP contribution is 2.19. The van der Waals surface area contributed by atoms with E-state index < -0.39 is 0 Å². The molecule has 0 unspecified atom stereocenters. The van der Waals surface area contributed by atoms with Crippen molar-refractivity contribution in [3.8, 4) is 5.75 Å².